The Balaban J connectivity index is 1.31. The first-order valence-corrected chi connectivity index (χ1v) is 13.4. The van der Waals surface area contributed by atoms with Gasteiger partial charge in [0.2, 0.25) is 5.95 Å². The first kappa shape index (κ1) is 27.2. The number of fused-ring (bicyclic) bond motifs is 1. The third-order valence-corrected chi connectivity index (χ3v) is 7.09. The Morgan fingerprint density at radius 2 is 1.81 bits per heavy atom. The van der Waals surface area contributed by atoms with Gasteiger partial charge in [-0.25, -0.2) is 15.0 Å². The second kappa shape index (κ2) is 11.1. The Labute approximate surface area is 239 Å². The monoisotopic (exact) mass is 572 g/mol. The van der Waals surface area contributed by atoms with Crippen LogP contribution in [-0.2, 0) is 6.18 Å². The first-order chi connectivity index (χ1) is 20.3. The minimum atomic E-state index is -4.59. The molecule has 5 aromatic rings. The van der Waals surface area contributed by atoms with Gasteiger partial charge in [-0.05, 0) is 61.0 Å². The minimum absolute atomic E-state index is 0.0704. The van der Waals surface area contributed by atoms with Crippen molar-refractivity contribution in [3.63, 3.8) is 0 Å². The predicted molar refractivity (Wildman–Crippen MR) is 156 cm³/mol. The van der Waals surface area contributed by atoms with Gasteiger partial charge in [0.05, 0.1) is 16.6 Å². The molecule has 3 N–H and O–H groups in total. The van der Waals surface area contributed by atoms with E-state index in [0.29, 0.717) is 55.0 Å². The number of halogens is 3. The molecule has 3 heterocycles. The molecular weight excluding hydrogens is 545 g/mol. The van der Waals surface area contributed by atoms with Crippen LogP contribution in [0.25, 0.3) is 16.9 Å². The lowest BCUT2D eigenvalue weighted by atomic mass is 10.1. The molecule has 1 aliphatic heterocycles. The van der Waals surface area contributed by atoms with Crippen LogP contribution in [0.5, 0.6) is 0 Å². The van der Waals surface area contributed by atoms with Crippen LogP contribution in [0, 0.1) is 6.92 Å². The number of hydrogen-bond acceptors (Lipinski definition) is 7. The molecule has 42 heavy (non-hydrogen) atoms. The lowest BCUT2D eigenvalue weighted by molar-refractivity contribution is -0.137. The number of aryl methyl sites for hydroxylation is 1. The van der Waals surface area contributed by atoms with Gasteiger partial charge < -0.3 is 20.9 Å². The van der Waals surface area contributed by atoms with E-state index in [1.807, 2.05) is 46.7 Å². The molecule has 1 amide bonds. The molecule has 0 radical (unpaired) electrons. The normalized spacial score (nSPS) is 13.8. The van der Waals surface area contributed by atoms with Gasteiger partial charge in [-0.2, -0.15) is 13.2 Å². The predicted octanol–water partition coefficient (Wildman–Crippen LogP) is 5.55. The van der Waals surface area contributed by atoms with Crippen molar-refractivity contribution in [1.82, 2.24) is 24.8 Å². The highest BCUT2D eigenvalue weighted by molar-refractivity contribution is 6.05. The van der Waals surface area contributed by atoms with Gasteiger partial charge in [-0.3, -0.25) is 9.36 Å². The highest BCUT2D eigenvalue weighted by Crippen LogP contribution is 2.34. The molecule has 0 unspecified atom stereocenters. The van der Waals surface area contributed by atoms with Crippen molar-refractivity contribution in [3.8, 4) is 5.82 Å². The summed E-state index contributed by atoms with van der Waals surface area (Å²) in [5.74, 6) is 0.480. The number of alkyl halides is 3. The number of nitrogens with zero attached hydrogens (tertiary/aromatic N) is 5. The number of piperazine rings is 1. The SMILES string of the molecule is Cc1ccc(NC(=O)c2cc(N3CCNCC3)cc(C(F)(F)F)c2)cc1Nc1nc2ccccc2n1-c1ccncn1. The van der Waals surface area contributed by atoms with Gasteiger partial charge >= 0.3 is 6.18 Å². The van der Waals surface area contributed by atoms with Crippen molar-refractivity contribution in [3.05, 3.63) is 95.9 Å². The number of para-hydroxylation sites is 2. The molecule has 1 aliphatic rings. The summed E-state index contributed by atoms with van der Waals surface area (Å²) < 4.78 is 43.1. The zero-order valence-electron chi connectivity index (χ0n) is 22.6. The standard InChI is InChI=1S/C30H27F3N8O/c1-19-6-7-22(37-28(42)20-14-21(30(31,32)33)16-23(15-20)40-12-10-34-11-13-40)17-25(19)39-29-38-24-4-2-3-5-26(24)41(29)27-8-9-35-18-36-27/h2-9,14-18,34H,10-13H2,1H3,(H,37,42)(H,38,39). The smallest absolute Gasteiger partial charge is 0.369 e. The van der Waals surface area contributed by atoms with Crippen molar-refractivity contribution in [2.45, 2.75) is 13.1 Å². The largest absolute Gasteiger partial charge is 0.416 e. The number of nitrogens with one attached hydrogen (secondary N) is 3. The van der Waals surface area contributed by atoms with Crippen LogP contribution in [-0.4, -0.2) is 51.6 Å². The maximum Gasteiger partial charge on any atom is 0.416 e. The molecule has 0 spiro atoms. The van der Waals surface area contributed by atoms with Gasteiger partial charge in [-0.15, -0.1) is 0 Å². The van der Waals surface area contributed by atoms with Crippen molar-refractivity contribution in [1.29, 1.82) is 0 Å². The van der Waals surface area contributed by atoms with Crippen LogP contribution >= 0.6 is 0 Å². The molecule has 1 saturated heterocycles. The molecule has 0 saturated carbocycles. The first-order valence-electron chi connectivity index (χ1n) is 13.4. The Morgan fingerprint density at radius 1 is 1.00 bits per heavy atom. The molecule has 0 bridgehead atoms. The van der Waals surface area contributed by atoms with Crippen LogP contribution in [0.1, 0.15) is 21.5 Å². The molecular formula is C30H27F3N8O. The molecule has 0 atom stereocenters. The lowest BCUT2D eigenvalue weighted by Crippen LogP contribution is -2.43. The third-order valence-electron chi connectivity index (χ3n) is 7.09. The Bertz CT molecular complexity index is 1750. The maximum absolute atomic E-state index is 13.8. The van der Waals surface area contributed by atoms with Gasteiger partial charge in [0.15, 0.2) is 0 Å². The fourth-order valence-corrected chi connectivity index (χ4v) is 4.93. The van der Waals surface area contributed by atoms with Crippen LogP contribution in [0.3, 0.4) is 0 Å². The second-order valence-electron chi connectivity index (χ2n) is 9.94. The molecule has 3 aromatic carbocycles. The van der Waals surface area contributed by atoms with Crippen molar-refractivity contribution in [2.24, 2.45) is 0 Å². The molecule has 12 heteroatoms. The Kier molecular flexibility index (Phi) is 7.21. The summed E-state index contributed by atoms with van der Waals surface area (Å²) in [6.07, 6.45) is -1.49. The maximum atomic E-state index is 13.8. The third kappa shape index (κ3) is 5.61. The second-order valence-corrected chi connectivity index (χ2v) is 9.94. The number of aromatic nitrogens is 4. The van der Waals surface area contributed by atoms with Gasteiger partial charge in [0.25, 0.3) is 5.91 Å². The summed E-state index contributed by atoms with van der Waals surface area (Å²) in [4.78, 5) is 28.2. The summed E-state index contributed by atoms with van der Waals surface area (Å²) >= 11 is 0. The summed E-state index contributed by atoms with van der Waals surface area (Å²) in [6.45, 7) is 4.31. The van der Waals surface area contributed by atoms with Crippen LogP contribution in [0.15, 0.2) is 79.3 Å². The van der Waals surface area contributed by atoms with E-state index in [4.69, 9.17) is 4.98 Å². The summed E-state index contributed by atoms with van der Waals surface area (Å²) in [7, 11) is 0. The van der Waals surface area contributed by atoms with Gasteiger partial charge in [-0.1, -0.05) is 18.2 Å². The highest BCUT2D eigenvalue weighted by atomic mass is 19.4. The minimum Gasteiger partial charge on any atom is -0.369 e. The topological polar surface area (TPSA) is 100 Å². The zero-order chi connectivity index (χ0) is 29.3. The van der Waals surface area contributed by atoms with Crippen LogP contribution in [0.2, 0.25) is 0 Å². The molecule has 214 valence electrons. The number of carbonyl (C=O) groups is 1. The average Bonchev–Trinajstić information content (AvgIpc) is 3.37. The van der Waals surface area contributed by atoms with E-state index < -0.39 is 17.6 Å². The fourth-order valence-electron chi connectivity index (χ4n) is 4.93. The number of carbonyl (C=O) groups excluding carboxylic acids is 1. The molecule has 9 nitrogen and oxygen atoms in total. The molecule has 1 fully saturated rings. The summed E-state index contributed by atoms with van der Waals surface area (Å²) in [5.41, 5.74) is 2.97. The highest BCUT2D eigenvalue weighted by Gasteiger charge is 2.32. The molecule has 6 rings (SSSR count). The van der Waals surface area contributed by atoms with Crippen molar-refractivity contribution >= 4 is 40.0 Å². The van der Waals surface area contributed by atoms with Crippen LogP contribution in [0.4, 0.5) is 36.2 Å². The van der Waals surface area contributed by atoms with E-state index in [-0.39, 0.29) is 5.56 Å². The summed E-state index contributed by atoms with van der Waals surface area (Å²) in [6, 6.07) is 18.1. The van der Waals surface area contributed by atoms with Gasteiger partial charge in [0.1, 0.15) is 12.1 Å². The number of anilines is 4. The van der Waals surface area contributed by atoms with E-state index >= 15 is 0 Å². The zero-order valence-corrected chi connectivity index (χ0v) is 22.6. The summed E-state index contributed by atoms with van der Waals surface area (Å²) in [5, 5.41) is 9.30. The van der Waals surface area contributed by atoms with E-state index in [9.17, 15) is 18.0 Å². The quantitative estimate of drug-likeness (QED) is 0.245. The number of imidazole rings is 1. The lowest BCUT2D eigenvalue weighted by Gasteiger charge is -2.30. The number of amides is 1. The van der Waals surface area contributed by atoms with Crippen molar-refractivity contribution in [2.75, 3.05) is 41.7 Å². The van der Waals surface area contributed by atoms with E-state index in [1.165, 1.54) is 12.4 Å². The van der Waals surface area contributed by atoms with Crippen LogP contribution < -0.4 is 20.9 Å². The van der Waals surface area contributed by atoms with E-state index in [2.05, 4.69) is 25.9 Å². The fraction of sp³-hybridized carbons (Fsp3) is 0.200. The van der Waals surface area contributed by atoms with E-state index in [0.717, 1.165) is 28.7 Å². The number of hydrogen-bond donors (Lipinski definition) is 3. The Hall–Kier alpha value is -4.97. The molecule has 0 aliphatic carbocycles. The Morgan fingerprint density at radius 3 is 2.57 bits per heavy atom. The number of rotatable bonds is 6. The average molecular weight is 573 g/mol. The number of benzene rings is 3. The molecule has 2 aromatic heterocycles. The van der Waals surface area contributed by atoms with Gasteiger partial charge in [0, 0.05) is 55.0 Å². The van der Waals surface area contributed by atoms with E-state index in [1.54, 1.807) is 24.4 Å². The van der Waals surface area contributed by atoms with Crippen molar-refractivity contribution < 1.29 is 18.0 Å².